The summed E-state index contributed by atoms with van der Waals surface area (Å²) in [5.74, 6) is -0.591. The van der Waals surface area contributed by atoms with Gasteiger partial charge in [-0.3, -0.25) is 10.1 Å². The lowest BCUT2D eigenvalue weighted by Crippen LogP contribution is -2.30. The van der Waals surface area contributed by atoms with Gasteiger partial charge >= 0.3 is 0 Å². The van der Waals surface area contributed by atoms with Crippen molar-refractivity contribution in [2.75, 3.05) is 25.0 Å². The average molecular weight is 411 g/mol. The molecule has 2 aromatic carbocycles. The van der Waals surface area contributed by atoms with E-state index in [-0.39, 0.29) is 35.8 Å². The van der Waals surface area contributed by atoms with E-state index >= 15 is 0 Å². The summed E-state index contributed by atoms with van der Waals surface area (Å²) in [5.41, 5.74) is -0.369. The minimum atomic E-state index is -3.85. The van der Waals surface area contributed by atoms with Crippen molar-refractivity contribution in [3.8, 4) is 0 Å². The van der Waals surface area contributed by atoms with Crippen LogP contribution in [0, 0.1) is 15.9 Å². The summed E-state index contributed by atoms with van der Waals surface area (Å²) >= 11 is 0. The molecule has 0 spiro atoms. The molecule has 0 aliphatic rings. The first-order valence-electron chi connectivity index (χ1n) is 8.67. The average Bonchev–Trinajstić information content (AvgIpc) is 2.67. The van der Waals surface area contributed by atoms with E-state index in [4.69, 9.17) is 0 Å². The lowest BCUT2D eigenvalue weighted by atomic mass is 10.1. The van der Waals surface area contributed by atoms with Crippen molar-refractivity contribution in [3.05, 3.63) is 64.0 Å². The molecule has 28 heavy (non-hydrogen) atoms. The molecule has 0 saturated carbocycles. The third kappa shape index (κ3) is 4.64. The SMILES string of the molecule is CCN(CC)S(=O)(=O)c1ccc(NCC(O)c2ccccc2F)c([N+](=O)[O-])c1. The number of rotatable bonds is 9. The Morgan fingerprint density at radius 1 is 1.21 bits per heavy atom. The molecular formula is C18H22FN3O5S. The topological polar surface area (TPSA) is 113 Å². The molecule has 10 heteroatoms. The molecule has 8 nitrogen and oxygen atoms in total. The molecule has 0 heterocycles. The van der Waals surface area contributed by atoms with Gasteiger partial charge < -0.3 is 10.4 Å². The van der Waals surface area contributed by atoms with Crippen LogP contribution in [0.1, 0.15) is 25.5 Å². The van der Waals surface area contributed by atoms with Gasteiger partial charge in [0.15, 0.2) is 0 Å². The lowest BCUT2D eigenvalue weighted by Gasteiger charge is -2.19. The van der Waals surface area contributed by atoms with Crippen molar-refractivity contribution in [1.29, 1.82) is 0 Å². The van der Waals surface area contributed by atoms with Crippen LogP contribution in [0.2, 0.25) is 0 Å². The van der Waals surface area contributed by atoms with Crippen LogP contribution in [-0.2, 0) is 10.0 Å². The number of aliphatic hydroxyl groups excluding tert-OH is 1. The second-order valence-corrected chi connectivity index (χ2v) is 7.88. The third-order valence-corrected chi connectivity index (χ3v) is 6.31. The summed E-state index contributed by atoms with van der Waals surface area (Å²) in [7, 11) is -3.85. The number of nitrogens with zero attached hydrogens (tertiary/aromatic N) is 2. The molecule has 0 aliphatic carbocycles. The van der Waals surface area contributed by atoms with Crippen LogP contribution in [0.4, 0.5) is 15.8 Å². The van der Waals surface area contributed by atoms with Crippen molar-refractivity contribution in [3.63, 3.8) is 0 Å². The van der Waals surface area contributed by atoms with Gasteiger partial charge in [-0.15, -0.1) is 0 Å². The number of sulfonamides is 1. The fraction of sp³-hybridized carbons (Fsp3) is 0.333. The molecule has 0 radical (unpaired) electrons. The van der Waals surface area contributed by atoms with Crippen LogP contribution in [0.3, 0.4) is 0 Å². The Balaban J connectivity index is 2.29. The Morgan fingerprint density at radius 3 is 2.43 bits per heavy atom. The normalized spacial score (nSPS) is 12.8. The van der Waals surface area contributed by atoms with Crippen molar-refractivity contribution in [1.82, 2.24) is 4.31 Å². The number of nitro benzene ring substituents is 1. The highest BCUT2D eigenvalue weighted by Crippen LogP contribution is 2.29. The van der Waals surface area contributed by atoms with Crippen molar-refractivity contribution in [2.24, 2.45) is 0 Å². The van der Waals surface area contributed by atoms with E-state index < -0.39 is 32.6 Å². The molecule has 2 rings (SSSR count). The Hall–Kier alpha value is -2.56. The van der Waals surface area contributed by atoms with Gasteiger partial charge in [-0.25, -0.2) is 12.8 Å². The van der Waals surface area contributed by atoms with Gasteiger partial charge in [0.05, 0.1) is 15.9 Å². The molecule has 152 valence electrons. The summed E-state index contributed by atoms with van der Waals surface area (Å²) in [6, 6.07) is 9.17. The zero-order valence-electron chi connectivity index (χ0n) is 15.5. The van der Waals surface area contributed by atoms with E-state index in [2.05, 4.69) is 5.32 Å². The van der Waals surface area contributed by atoms with Gasteiger partial charge in [0.25, 0.3) is 5.69 Å². The number of anilines is 1. The molecular weight excluding hydrogens is 389 g/mol. The quantitative estimate of drug-likeness (QED) is 0.485. The summed E-state index contributed by atoms with van der Waals surface area (Å²) in [4.78, 5) is 10.5. The maximum Gasteiger partial charge on any atom is 0.293 e. The van der Waals surface area contributed by atoms with Gasteiger partial charge in [-0.1, -0.05) is 32.0 Å². The Labute approximate surface area is 162 Å². The fourth-order valence-electron chi connectivity index (χ4n) is 2.75. The van der Waals surface area contributed by atoms with Gasteiger partial charge in [0.2, 0.25) is 10.0 Å². The molecule has 0 bridgehead atoms. The molecule has 2 aromatic rings. The summed E-state index contributed by atoms with van der Waals surface area (Å²) in [5, 5.41) is 24.2. The molecule has 0 amide bonds. The van der Waals surface area contributed by atoms with Crippen molar-refractivity contribution < 1.29 is 22.8 Å². The highest BCUT2D eigenvalue weighted by molar-refractivity contribution is 7.89. The third-order valence-electron chi connectivity index (χ3n) is 4.26. The van der Waals surface area contributed by atoms with E-state index in [0.717, 1.165) is 6.07 Å². The zero-order chi connectivity index (χ0) is 20.9. The number of hydrogen-bond acceptors (Lipinski definition) is 6. The molecule has 1 atom stereocenters. The van der Waals surface area contributed by atoms with E-state index in [9.17, 15) is 28.0 Å². The molecule has 0 saturated heterocycles. The van der Waals surface area contributed by atoms with Crippen LogP contribution in [0.25, 0.3) is 0 Å². The minimum Gasteiger partial charge on any atom is -0.386 e. The lowest BCUT2D eigenvalue weighted by molar-refractivity contribution is -0.384. The minimum absolute atomic E-state index is 0.0267. The predicted octanol–water partition coefficient (Wildman–Crippen LogP) is 2.91. The standard InChI is InChI=1S/C18H22FN3O5S/c1-3-21(4-2)28(26,27)13-9-10-16(17(11-13)22(24)25)20-12-18(23)14-7-5-6-8-15(14)19/h5-11,18,20,23H,3-4,12H2,1-2H3. The van der Waals surface area contributed by atoms with Crippen LogP contribution in [0.15, 0.2) is 47.4 Å². The van der Waals surface area contributed by atoms with Crippen LogP contribution >= 0.6 is 0 Å². The van der Waals surface area contributed by atoms with Crippen molar-refractivity contribution in [2.45, 2.75) is 24.8 Å². The van der Waals surface area contributed by atoms with Crippen LogP contribution in [0.5, 0.6) is 0 Å². The first-order valence-corrected chi connectivity index (χ1v) is 10.1. The number of aliphatic hydroxyl groups is 1. The number of hydrogen-bond donors (Lipinski definition) is 2. The van der Waals surface area contributed by atoms with E-state index in [1.165, 1.54) is 34.6 Å². The summed E-state index contributed by atoms with van der Waals surface area (Å²) < 4.78 is 40.1. The van der Waals surface area contributed by atoms with Crippen LogP contribution in [-0.4, -0.2) is 42.4 Å². The molecule has 0 fully saturated rings. The number of nitro groups is 1. The Kier molecular flexibility index (Phi) is 7.05. The summed E-state index contributed by atoms with van der Waals surface area (Å²) in [6.45, 7) is 3.64. The molecule has 0 aromatic heterocycles. The smallest absolute Gasteiger partial charge is 0.293 e. The van der Waals surface area contributed by atoms with Gasteiger partial charge in [-0.2, -0.15) is 4.31 Å². The predicted molar refractivity (Wildman–Crippen MR) is 103 cm³/mol. The highest BCUT2D eigenvalue weighted by atomic mass is 32.2. The molecule has 2 N–H and O–H groups in total. The van der Waals surface area contributed by atoms with Gasteiger partial charge in [0.1, 0.15) is 11.5 Å². The fourth-order valence-corrected chi connectivity index (χ4v) is 4.23. The monoisotopic (exact) mass is 411 g/mol. The van der Waals surface area contributed by atoms with E-state index in [1.807, 2.05) is 0 Å². The first kappa shape index (κ1) is 21.7. The highest BCUT2D eigenvalue weighted by Gasteiger charge is 2.26. The van der Waals surface area contributed by atoms with Crippen LogP contribution < -0.4 is 5.32 Å². The summed E-state index contributed by atoms with van der Waals surface area (Å²) in [6.07, 6.45) is -1.24. The van der Waals surface area contributed by atoms with Gasteiger partial charge in [0, 0.05) is 31.3 Å². The van der Waals surface area contributed by atoms with Crippen molar-refractivity contribution >= 4 is 21.4 Å². The largest absolute Gasteiger partial charge is 0.386 e. The maximum absolute atomic E-state index is 13.7. The second kappa shape index (κ2) is 9.09. The zero-order valence-corrected chi connectivity index (χ0v) is 16.3. The number of halogens is 1. The molecule has 1 unspecified atom stereocenters. The number of nitrogens with one attached hydrogen (secondary N) is 1. The van der Waals surface area contributed by atoms with E-state index in [1.54, 1.807) is 19.9 Å². The Morgan fingerprint density at radius 2 is 1.86 bits per heavy atom. The maximum atomic E-state index is 13.7. The van der Waals surface area contributed by atoms with E-state index in [0.29, 0.717) is 0 Å². The first-order chi connectivity index (χ1) is 13.2. The second-order valence-electron chi connectivity index (χ2n) is 5.94. The van der Waals surface area contributed by atoms with Gasteiger partial charge in [-0.05, 0) is 18.2 Å². The number of benzene rings is 2. The Bertz CT molecular complexity index is 948. The molecule has 0 aliphatic heterocycles.